The van der Waals surface area contributed by atoms with Crippen LogP contribution in [-0.4, -0.2) is 46.0 Å². The second kappa shape index (κ2) is 5.96. The number of piperazine rings is 1. The molecule has 1 aliphatic heterocycles. The van der Waals surface area contributed by atoms with E-state index in [9.17, 15) is 0 Å². The smallest absolute Gasteiger partial charge is 0.115 e. The van der Waals surface area contributed by atoms with E-state index in [0.717, 1.165) is 31.9 Å². The van der Waals surface area contributed by atoms with E-state index < -0.39 is 0 Å². The van der Waals surface area contributed by atoms with Gasteiger partial charge in [0.2, 0.25) is 0 Å². The molecule has 2 aromatic rings. The fourth-order valence-corrected chi connectivity index (χ4v) is 2.67. The van der Waals surface area contributed by atoms with Crippen molar-refractivity contribution in [3.05, 3.63) is 48.8 Å². The first-order valence-corrected chi connectivity index (χ1v) is 6.98. The van der Waals surface area contributed by atoms with Gasteiger partial charge in [0.1, 0.15) is 6.33 Å². The van der Waals surface area contributed by atoms with E-state index in [1.807, 2.05) is 24.8 Å². The zero-order valence-electron chi connectivity index (χ0n) is 11.7. The Kier molecular flexibility index (Phi) is 3.87. The minimum Gasteiger partial charge on any atom is -0.366 e. The summed E-state index contributed by atoms with van der Waals surface area (Å²) in [5, 5.41) is 0. The van der Waals surface area contributed by atoms with Crippen LogP contribution in [0.3, 0.4) is 0 Å². The van der Waals surface area contributed by atoms with Crippen LogP contribution in [0.5, 0.6) is 0 Å². The molecule has 0 spiro atoms. The molecule has 20 heavy (non-hydrogen) atoms. The molecular formula is C15H19N5. The van der Waals surface area contributed by atoms with Crippen molar-refractivity contribution in [3.8, 4) is 0 Å². The van der Waals surface area contributed by atoms with Crippen molar-refractivity contribution in [1.29, 1.82) is 0 Å². The molecule has 0 N–H and O–H groups in total. The number of pyridine rings is 1. The maximum absolute atomic E-state index is 4.09. The molecule has 0 bridgehead atoms. The molecule has 1 atom stereocenters. The quantitative estimate of drug-likeness (QED) is 0.849. The SMILES string of the molecule is CC(c1ccncc1)N1CCN(c2cncnc2)CC1. The van der Waals surface area contributed by atoms with Gasteiger partial charge < -0.3 is 4.90 Å². The summed E-state index contributed by atoms with van der Waals surface area (Å²) >= 11 is 0. The molecule has 5 heteroatoms. The van der Waals surface area contributed by atoms with Crippen LogP contribution in [0.25, 0.3) is 0 Å². The number of anilines is 1. The van der Waals surface area contributed by atoms with E-state index in [0.29, 0.717) is 6.04 Å². The van der Waals surface area contributed by atoms with Gasteiger partial charge in [-0.3, -0.25) is 9.88 Å². The van der Waals surface area contributed by atoms with Crippen molar-refractivity contribution >= 4 is 5.69 Å². The molecule has 0 saturated carbocycles. The third kappa shape index (κ3) is 2.77. The number of hydrogen-bond donors (Lipinski definition) is 0. The van der Waals surface area contributed by atoms with Crippen LogP contribution >= 0.6 is 0 Å². The summed E-state index contributed by atoms with van der Waals surface area (Å²) in [6, 6.07) is 4.64. The van der Waals surface area contributed by atoms with Crippen LogP contribution in [0.1, 0.15) is 18.5 Å². The lowest BCUT2D eigenvalue weighted by Crippen LogP contribution is -2.47. The standard InChI is InChI=1S/C15H19N5/c1-13(14-2-4-16-5-3-14)19-6-8-20(9-7-19)15-10-17-12-18-11-15/h2-5,10-13H,6-9H2,1H3. The van der Waals surface area contributed by atoms with Crippen LogP contribution in [0.2, 0.25) is 0 Å². The molecule has 1 unspecified atom stereocenters. The van der Waals surface area contributed by atoms with Crippen LogP contribution < -0.4 is 4.90 Å². The van der Waals surface area contributed by atoms with Gasteiger partial charge in [-0.1, -0.05) is 0 Å². The van der Waals surface area contributed by atoms with Gasteiger partial charge in [-0.15, -0.1) is 0 Å². The van der Waals surface area contributed by atoms with E-state index in [2.05, 4.69) is 43.8 Å². The fourth-order valence-electron chi connectivity index (χ4n) is 2.67. The first-order valence-electron chi connectivity index (χ1n) is 6.98. The maximum atomic E-state index is 4.09. The fraction of sp³-hybridized carbons (Fsp3) is 0.400. The minimum atomic E-state index is 0.437. The lowest BCUT2D eigenvalue weighted by atomic mass is 10.1. The van der Waals surface area contributed by atoms with Crippen LogP contribution in [0, 0.1) is 0 Å². The maximum Gasteiger partial charge on any atom is 0.115 e. The molecule has 104 valence electrons. The van der Waals surface area contributed by atoms with Gasteiger partial charge in [-0.25, -0.2) is 9.97 Å². The number of aromatic nitrogens is 3. The first kappa shape index (κ1) is 13.0. The molecule has 1 saturated heterocycles. The second-order valence-corrected chi connectivity index (χ2v) is 5.08. The van der Waals surface area contributed by atoms with Gasteiger partial charge in [0.15, 0.2) is 0 Å². The van der Waals surface area contributed by atoms with Crippen molar-refractivity contribution in [1.82, 2.24) is 19.9 Å². The molecule has 3 heterocycles. The third-order valence-corrected chi connectivity index (χ3v) is 3.96. The summed E-state index contributed by atoms with van der Waals surface area (Å²) in [4.78, 5) is 17.1. The van der Waals surface area contributed by atoms with Crippen LogP contribution in [0.15, 0.2) is 43.2 Å². The predicted molar refractivity (Wildman–Crippen MR) is 78.5 cm³/mol. The number of rotatable bonds is 3. The summed E-state index contributed by atoms with van der Waals surface area (Å²) < 4.78 is 0. The lowest BCUT2D eigenvalue weighted by molar-refractivity contribution is 0.198. The second-order valence-electron chi connectivity index (χ2n) is 5.08. The predicted octanol–water partition coefficient (Wildman–Crippen LogP) is 1.75. The third-order valence-electron chi connectivity index (χ3n) is 3.96. The molecule has 2 aromatic heterocycles. The van der Waals surface area contributed by atoms with Crippen molar-refractivity contribution < 1.29 is 0 Å². The molecule has 1 fully saturated rings. The average molecular weight is 269 g/mol. The molecule has 3 rings (SSSR count). The van der Waals surface area contributed by atoms with Gasteiger partial charge >= 0.3 is 0 Å². The summed E-state index contributed by atoms with van der Waals surface area (Å²) in [7, 11) is 0. The summed E-state index contributed by atoms with van der Waals surface area (Å²) in [6.07, 6.45) is 9.07. The Morgan fingerprint density at radius 2 is 1.60 bits per heavy atom. The highest BCUT2D eigenvalue weighted by Crippen LogP contribution is 2.22. The highest BCUT2D eigenvalue weighted by molar-refractivity contribution is 5.42. The summed E-state index contributed by atoms with van der Waals surface area (Å²) in [6.45, 7) is 6.40. The average Bonchev–Trinajstić information content (AvgIpc) is 2.56. The van der Waals surface area contributed by atoms with Gasteiger partial charge in [-0.05, 0) is 24.6 Å². The number of nitrogens with zero attached hydrogens (tertiary/aromatic N) is 5. The largest absolute Gasteiger partial charge is 0.366 e. The Morgan fingerprint density at radius 3 is 2.25 bits per heavy atom. The Hall–Kier alpha value is -2.01. The normalized spacial score (nSPS) is 17.9. The van der Waals surface area contributed by atoms with E-state index in [-0.39, 0.29) is 0 Å². The van der Waals surface area contributed by atoms with Gasteiger partial charge in [-0.2, -0.15) is 0 Å². The van der Waals surface area contributed by atoms with Crippen molar-refractivity contribution in [2.24, 2.45) is 0 Å². The monoisotopic (exact) mass is 269 g/mol. The highest BCUT2D eigenvalue weighted by Gasteiger charge is 2.22. The topological polar surface area (TPSA) is 45.2 Å². The van der Waals surface area contributed by atoms with Gasteiger partial charge in [0.05, 0.1) is 18.1 Å². The molecular weight excluding hydrogens is 250 g/mol. The summed E-state index contributed by atoms with van der Waals surface area (Å²) in [5.74, 6) is 0. The van der Waals surface area contributed by atoms with E-state index in [4.69, 9.17) is 0 Å². The Balaban J connectivity index is 1.61. The molecule has 0 amide bonds. The van der Waals surface area contributed by atoms with E-state index >= 15 is 0 Å². The Labute approximate surface area is 119 Å². The highest BCUT2D eigenvalue weighted by atomic mass is 15.3. The van der Waals surface area contributed by atoms with Crippen molar-refractivity contribution in [2.75, 3.05) is 31.1 Å². The first-order chi connectivity index (χ1) is 9.84. The van der Waals surface area contributed by atoms with E-state index in [1.165, 1.54) is 5.56 Å². The Bertz CT molecular complexity index is 522. The zero-order chi connectivity index (χ0) is 13.8. The van der Waals surface area contributed by atoms with Gasteiger partial charge in [0, 0.05) is 44.6 Å². The molecule has 1 aliphatic rings. The molecule has 0 radical (unpaired) electrons. The molecule has 0 aliphatic carbocycles. The Morgan fingerprint density at radius 1 is 0.950 bits per heavy atom. The van der Waals surface area contributed by atoms with Crippen molar-refractivity contribution in [2.45, 2.75) is 13.0 Å². The zero-order valence-corrected chi connectivity index (χ0v) is 11.7. The lowest BCUT2D eigenvalue weighted by Gasteiger charge is -2.38. The van der Waals surface area contributed by atoms with Crippen LogP contribution in [-0.2, 0) is 0 Å². The van der Waals surface area contributed by atoms with Crippen molar-refractivity contribution in [3.63, 3.8) is 0 Å². The minimum absolute atomic E-state index is 0.437. The number of hydrogen-bond acceptors (Lipinski definition) is 5. The van der Waals surface area contributed by atoms with E-state index in [1.54, 1.807) is 6.33 Å². The summed E-state index contributed by atoms with van der Waals surface area (Å²) in [5.41, 5.74) is 2.44. The molecule has 5 nitrogen and oxygen atoms in total. The van der Waals surface area contributed by atoms with Crippen LogP contribution in [0.4, 0.5) is 5.69 Å². The molecule has 0 aromatic carbocycles. The van der Waals surface area contributed by atoms with Gasteiger partial charge in [0.25, 0.3) is 0 Å².